The van der Waals surface area contributed by atoms with Crippen LogP contribution in [0.15, 0.2) is 53.0 Å². The van der Waals surface area contributed by atoms with Crippen LogP contribution in [0.3, 0.4) is 0 Å². The highest BCUT2D eigenvalue weighted by Crippen LogP contribution is 2.19. The average molecular weight is 334 g/mol. The molecule has 0 spiro atoms. The van der Waals surface area contributed by atoms with E-state index >= 15 is 0 Å². The fraction of sp³-hybridized carbons (Fsp3) is 0.188. The van der Waals surface area contributed by atoms with E-state index in [1.807, 2.05) is 49.4 Å². The predicted octanol–water partition coefficient (Wildman–Crippen LogP) is 3.22. The lowest BCUT2D eigenvalue weighted by Gasteiger charge is -2.17. The van der Waals surface area contributed by atoms with Crippen LogP contribution < -0.4 is 5.32 Å². The minimum Gasteiger partial charge on any atom is -0.394 e. The predicted molar refractivity (Wildman–Crippen MR) is 82.6 cm³/mol. The maximum atomic E-state index is 12.3. The van der Waals surface area contributed by atoms with E-state index in [4.69, 9.17) is 0 Å². The zero-order chi connectivity index (χ0) is 14.5. The lowest BCUT2D eigenvalue weighted by Crippen LogP contribution is -2.31. The third kappa shape index (κ3) is 3.46. The van der Waals surface area contributed by atoms with Gasteiger partial charge in [0.05, 0.1) is 12.6 Å². The molecule has 2 N–H and O–H groups in total. The molecule has 0 aliphatic carbocycles. The van der Waals surface area contributed by atoms with Crippen LogP contribution in [0.25, 0.3) is 0 Å². The van der Waals surface area contributed by atoms with Gasteiger partial charge < -0.3 is 10.4 Å². The number of hydrogen-bond donors (Lipinski definition) is 2. The van der Waals surface area contributed by atoms with Gasteiger partial charge in [0.25, 0.3) is 5.91 Å². The topological polar surface area (TPSA) is 49.3 Å². The number of carbonyl (C=O) groups excluding carboxylic acids is 1. The van der Waals surface area contributed by atoms with Gasteiger partial charge in [-0.25, -0.2) is 0 Å². The van der Waals surface area contributed by atoms with Crippen molar-refractivity contribution >= 4 is 21.8 Å². The van der Waals surface area contributed by atoms with E-state index in [-0.39, 0.29) is 12.5 Å². The van der Waals surface area contributed by atoms with Crippen molar-refractivity contribution in [3.05, 3.63) is 69.7 Å². The number of rotatable bonds is 4. The van der Waals surface area contributed by atoms with Crippen molar-refractivity contribution in [2.45, 2.75) is 13.0 Å². The van der Waals surface area contributed by atoms with Gasteiger partial charge in [0.1, 0.15) is 0 Å². The maximum Gasteiger partial charge on any atom is 0.252 e. The summed E-state index contributed by atoms with van der Waals surface area (Å²) in [7, 11) is 0. The molecule has 2 aromatic carbocycles. The lowest BCUT2D eigenvalue weighted by molar-refractivity contribution is 0.0915. The van der Waals surface area contributed by atoms with Crippen molar-refractivity contribution in [1.82, 2.24) is 5.32 Å². The zero-order valence-corrected chi connectivity index (χ0v) is 12.7. The molecule has 2 rings (SSSR count). The van der Waals surface area contributed by atoms with Gasteiger partial charge in [-0.15, -0.1) is 0 Å². The van der Waals surface area contributed by atoms with Gasteiger partial charge in [-0.3, -0.25) is 4.79 Å². The highest BCUT2D eigenvalue weighted by Gasteiger charge is 2.16. The summed E-state index contributed by atoms with van der Waals surface area (Å²) in [6.07, 6.45) is 0. The van der Waals surface area contributed by atoms with Gasteiger partial charge >= 0.3 is 0 Å². The normalized spacial score (nSPS) is 11.9. The van der Waals surface area contributed by atoms with Gasteiger partial charge in [0.15, 0.2) is 0 Å². The molecule has 0 fully saturated rings. The number of nitrogens with one attached hydrogen (secondary N) is 1. The Hall–Kier alpha value is -1.65. The molecule has 1 atom stereocenters. The third-order valence-electron chi connectivity index (χ3n) is 3.13. The first-order valence-corrected chi connectivity index (χ1v) is 7.14. The molecule has 2 aromatic rings. The number of aryl methyl sites for hydroxylation is 1. The first-order chi connectivity index (χ1) is 9.61. The lowest BCUT2D eigenvalue weighted by atomic mass is 10.1. The zero-order valence-electron chi connectivity index (χ0n) is 11.1. The highest BCUT2D eigenvalue weighted by molar-refractivity contribution is 9.10. The summed E-state index contributed by atoms with van der Waals surface area (Å²) in [6.45, 7) is 1.75. The molecule has 4 heteroatoms. The van der Waals surface area contributed by atoms with Crippen LogP contribution in [0.1, 0.15) is 27.5 Å². The Morgan fingerprint density at radius 1 is 1.25 bits per heavy atom. The van der Waals surface area contributed by atoms with E-state index in [1.54, 1.807) is 6.07 Å². The molecule has 20 heavy (non-hydrogen) atoms. The van der Waals surface area contributed by atoms with E-state index < -0.39 is 6.04 Å². The van der Waals surface area contributed by atoms with E-state index in [2.05, 4.69) is 21.2 Å². The first kappa shape index (κ1) is 14.8. The number of amides is 1. The maximum absolute atomic E-state index is 12.3. The van der Waals surface area contributed by atoms with Gasteiger partial charge in [-0.05, 0) is 36.2 Å². The average Bonchev–Trinajstić information content (AvgIpc) is 2.45. The van der Waals surface area contributed by atoms with Crippen LogP contribution >= 0.6 is 15.9 Å². The minimum atomic E-state index is -0.417. The molecule has 0 unspecified atom stereocenters. The smallest absolute Gasteiger partial charge is 0.252 e. The summed E-state index contributed by atoms with van der Waals surface area (Å²) in [4.78, 5) is 12.3. The number of hydrogen-bond acceptors (Lipinski definition) is 2. The summed E-state index contributed by atoms with van der Waals surface area (Å²) < 4.78 is 0.915. The van der Waals surface area contributed by atoms with E-state index in [0.29, 0.717) is 5.56 Å². The van der Waals surface area contributed by atoms with Gasteiger partial charge in [0, 0.05) is 10.0 Å². The second-order valence-electron chi connectivity index (χ2n) is 4.58. The van der Waals surface area contributed by atoms with Crippen LogP contribution in [0.2, 0.25) is 0 Å². The second-order valence-corrected chi connectivity index (χ2v) is 5.49. The molecule has 0 radical (unpaired) electrons. The fourth-order valence-corrected chi connectivity index (χ4v) is 2.44. The van der Waals surface area contributed by atoms with Crippen molar-refractivity contribution < 1.29 is 9.90 Å². The summed E-state index contributed by atoms with van der Waals surface area (Å²) in [6, 6.07) is 14.5. The standard InChI is InChI=1S/C16H16BrNO2/c1-11-5-2-3-8-14(11)16(20)18-15(10-19)12-6-4-7-13(17)9-12/h2-9,15,19H,10H2,1H3,(H,18,20)/t15-/m1/s1. The quantitative estimate of drug-likeness (QED) is 0.902. The van der Waals surface area contributed by atoms with Crippen LogP contribution in [0, 0.1) is 6.92 Å². The molecule has 0 aliphatic heterocycles. The SMILES string of the molecule is Cc1ccccc1C(=O)N[C@H](CO)c1cccc(Br)c1. The fourth-order valence-electron chi connectivity index (χ4n) is 2.02. The number of benzene rings is 2. The summed E-state index contributed by atoms with van der Waals surface area (Å²) >= 11 is 3.39. The Kier molecular flexibility index (Phi) is 4.93. The Labute approximate surface area is 126 Å². The van der Waals surface area contributed by atoms with Gasteiger partial charge in [-0.2, -0.15) is 0 Å². The molecule has 1 amide bonds. The molecule has 0 aromatic heterocycles. The van der Waals surface area contributed by atoms with Crippen molar-refractivity contribution in [2.75, 3.05) is 6.61 Å². The van der Waals surface area contributed by atoms with Crippen molar-refractivity contribution in [1.29, 1.82) is 0 Å². The van der Waals surface area contributed by atoms with Crippen molar-refractivity contribution in [3.8, 4) is 0 Å². The van der Waals surface area contributed by atoms with Gasteiger partial charge in [0.2, 0.25) is 0 Å². The Morgan fingerprint density at radius 3 is 2.65 bits per heavy atom. The molecule has 3 nitrogen and oxygen atoms in total. The molecule has 0 saturated heterocycles. The van der Waals surface area contributed by atoms with E-state index in [0.717, 1.165) is 15.6 Å². The molecule has 0 bridgehead atoms. The second kappa shape index (κ2) is 6.68. The van der Waals surface area contributed by atoms with E-state index in [1.165, 1.54) is 0 Å². The Morgan fingerprint density at radius 2 is 2.00 bits per heavy atom. The van der Waals surface area contributed by atoms with Crippen LogP contribution in [-0.4, -0.2) is 17.6 Å². The highest BCUT2D eigenvalue weighted by atomic mass is 79.9. The number of carbonyl (C=O) groups is 1. The summed E-state index contributed by atoms with van der Waals surface area (Å²) in [5, 5.41) is 12.4. The third-order valence-corrected chi connectivity index (χ3v) is 3.62. The molecule has 0 heterocycles. The first-order valence-electron chi connectivity index (χ1n) is 6.34. The minimum absolute atomic E-state index is 0.145. The van der Waals surface area contributed by atoms with Crippen LogP contribution in [0.5, 0.6) is 0 Å². The van der Waals surface area contributed by atoms with Crippen molar-refractivity contribution in [2.24, 2.45) is 0 Å². The monoisotopic (exact) mass is 333 g/mol. The van der Waals surface area contributed by atoms with Gasteiger partial charge in [-0.1, -0.05) is 46.3 Å². The number of aliphatic hydroxyl groups excluding tert-OH is 1. The Balaban J connectivity index is 2.19. The molecule has 0 saturated carbocycles. The number of aliphatic hydroxyl groups is 1. The number of halogens is 1. The summed E-state index contributed by atoms with van der Waals surface area (Å²) in [5.41, 5.74) is 2.40. The molecular weight excluding hydrogens is 318 g/mol. The van der Waals surface area contributed by atoms with Crippen LogP contribution in [0.4, 0.5) is 0 Å². The molecular formula is C16H16BrNO2. The largest absolute Gasteiger partial charge is 0.394 e. The summed E-state index contributed by atoms with van der Waals surface area (Å²) in [5.74, 6) is -0.179. The molecule has 104 valence electrons. The van der Waals surface area contributed by atoms with E-state index in [9.17, 15) is 9.90 Å². The van der Waals surface area contributed by atoms with Crippen molar-refractivity contribution in [3.63, 3.8) is 0 Å². The molecule has 0 aliphatic rings. The van der Waals surface area contributed by atoms with Crippen LogP contribution in [-0.2, 0) is 0 Å². The Bertz CT molecular complexity index is 613.